The van der Waals surface area contributed by atoms with Gasteiger partial charge in [0.05, 0.1) is 0 Å². The standard InChI is InChI=1S/C58H34/c1-5-17-35(18-6-1)45-32-47-42-28-16-29-43-54(42)49(48(47)33-46(45)36-19-7-2-8-20-36)34-51-52(37-21-9-3-10-22-37)57-44-30-15-27-41-40-26-14-13-25-39(40)31-50(55(41)44)58(57)53(56(43)51)38-23-11-4-12-24-38/h1-34H. The third-order valence-corrected chi connectivity index (χ3v) is 12.9. The number of rotatable bonds is 4. The smallest absolute Gasteiger partial charge is 0.000697 e. The van der Waals surface area contributed by atoms with Crippen LogP contribution < -0.4 is 0 Å². The van der Waals surface area contributed by atoms with Gasteiger partial charge in [0, 0.05) is 0 Å². The molecule has 58 heavy (non-hydrogen) atoms. The van der Waals surface area contributed by atoms with E-state index in [4.69, 9.17) is 0 Å². The number of hydrogen-bond donors (Lipinski definition) is 0. The van der Waals surface area contributed by atoms with Gasteiger partial charge in [0.25, 0.3) is 0 Å². The van der Waals surface area contributed by atoms with Crippen molar-refractivity contribution in [3.8, 4) is 44.5 Å². The lowest BCUT2D eigenvalue weighted by atomic mass is 9.83. The fourth-order valence-electron chi connectivity index (χ4n) is 10.6. The highest BCUT2D eigenvalue weighted by Gasteiger charge is 2.27. The van der Waals surface area contributed by atoms with Crippen LogP contribution in [0.25, 0.3) is 131 Å². The largest absolute Gasteiger partial charge is 0.0622 e. The second-order valence-electron chi connectivity index (χ2n) is 15.9. The van der Waals surface area contributed by atoms with Gasteiger partial charge in [0.2, 0.25) is 0 Å². The van der Waals surface area contributed by atoms with Crippen LogP contribution in [-0.4, -0.2) is 0 Å². The van der Waals surface area contributed by atoms with Crippen LogP contribution in [-0.2, 0) is 0 Å². The maximum absolute atomic E-state index is 2.55. The van der Waals surface area contributed by atoms with E-state index in [0.717, 1.165) is 0 Å². The first-order valence-corrected chi connectivity index (χ1v) is 20.3. The predicted molar refractivity (Wildman–Crippen MR) is 251 cm³/mol. The molecule has 266 valence electrons. The Bertz CT molecular complexity index is 3730. The lowest BCUT2D eigenvalue weighted by molar-refractivity contribution is 1.61. The van der Waals surface area contributed by atoms with Gasteiger partial charge < -0.3 is 0 Å². The maximum atomic E-state index is 2.55. The zero-order valence-electron chi connectivity index (χ0n) is 31.6. The molecule has 0 aliphatic rings. The van der Waals surface area contributed by atoms with Crippen molar-refractivity contribution in [2.24, 2.45) is 0 Å². The van der Waals surface area contributed by atoms with Gasteiger partial charge in [-0.05, 0) is 155 Å². The van der Waals surface area contributed by atoms with Gasteiger partial charge in [-0.2, -0.15) is 0 Å². The Hall–Kier alpha value is -7.54. The third kappa shape index (κ3) is 4.29. The fourth-order valence-corrected chi connectivity index (χ4v) is 10.6. The lowest BCUT2D eigenvalue weighted by Crippen LogP contribution is -1.91. The maximum Gasteiger partial charge on any atom is -0.000697 e. The Balaban J connectivity index is 1.31. The normalized spacial score (nSPS) is 12.1. The molecular formula is C58H34. The van der Waals surface area contributed by atoms with Gasteiger partial charge in [-0.25, -0.2) is 0 Å². The molecule has 13 rings (SSSR count). The average molecular weight is 731 g/mol. The molecule has 0 saturated heterocycles. The van der Waals surface area contributed by atoms with E-state index in [1.807, 2.05) is 0 Å². The van der Waals surface area contributed by atoms with Crippen molar-refractivity contribution in [1.82, 2.24) is 0 Å². The van der Waals surface area contributed by atoms with E-state index in [1.54, 1.807) is 0 Å². The Morgan fingerprint density at radius 3 is 1.24 bits per heavy atom. The van der Waals surface area contributed by atoms with Crippen molar-refractivity contribution in [2.75, 3.05) is 0 Å². The number of hydrogen-bond acceptors (Lipinski definition) is 0. The lowest BCUT2D eigenvalue weighted by Gasteiger charge is -2.19. The molecule has 0 spiro atoms. The highest BCUT2D eigenvalue weighted by atomic mass is 14.3. The zero-order chi connectivity index (χ0) is 37.9. The van der Waals surface area contributed by atoms with Gasteiger partial charge in [0.15, 0.2) is 0 Å². The second-order valence-corrected chi connectivity index (χ2v) is 15.9. The monoisotopic (exact) mass is 730 g/mol. The Kier molecular flexibility index (Phi) is 6.54. The van der Waals surface area contributed by atoms with Crippen LogP contribution in [0.1, 0.15) is 0 Å². The van der Waals surface area contributed by atoms with E-state index in [2.05, 4.69) is 206 Å². The van der Waals surface area contributed by atoms with Crippen LogP contribution in [0.4, 0.5) is 0 Å². The molecule has 0 aliphatic carbocycles. The molecule has 13 aromatic rings. The van der Waals surface area contributed by atoms with Gasteiger partial charge >= 0.3 is 0 Å². The summed E-state index contributed by atoms with van der Waals surface area (Å²) in [5.41, 5.74) is 10.1. The number of benzene rings is 11. The molecule has 0 nitrogen and oxygen atoms in total. The molecule has 0 saturated carbocycles. The molecule has 0 aromatic heterocycles. The van der Waals surface area contributed by atoms with Crippen LogP contribution in [0.5, 0.6) is 0 Å². The SMILES string of the molecule is c1ccc(-c2cc3c(cc2-c2ccccc2)c2cc4c(-c5ccccc5)c5c6cccc7c8ccccc8cc(c5c(-c5ccccc5)c4c4cccc3c24)c76)cc1. The van der Waals surface area contributed by atoms with Crippen LogP contribution in [0.15, 0.2) is 206 Å². The van der Waals surface area contributed by atoms with E-state index >= 15 is 0 Å². The van der Waals surface area contributed by atoms with Gasteiger partial charge in [-0.15, -0.1) is 0 Å². The van der Waals surface area contributed by atoms with Crippen molar-refractivity contribution in [3.63, 3.8) is 0 Å². The highest BCUT2D eigenvalue weighted by Crippen LogP contribution is 2.55. The average Bonchev–Trinajstić information content (AvgIpc) is 3.79. The highest BCUT2D eigenvalue weighted by molar-refractivity contribution is 6.46. The quantitative estimate of drug-likeness (QED) is 0.158. The summed E-state index contributed by atoms with van der Waals surface area (Å²) in [7, 11) is 0. The minimum Gasteiger partial charge on any atom is -0.0622 e. The summed E-state index contributed by atoms with van der Waals surface area (Å²) in [6.45, 7) is 0. The van der Waals surface area contributed by atoms with Crippen molar-refractivity contribution in [3.05, 3.63) is 206 Å². The van der Waals surface area contributed by atoms with E-state index < -0.39 is 0 Å². The Morgan fingerprint density at radius 2 is 0.621 bits per heavy atom. The summed E-state index contributed by atoms with van der Waals surface area (Å²) < 4.78 is 0. The molecule has 0 fully saturated rings. The molecule has 0 bridgehead atoms. The molecule has 0 atom stereocenters. The van der Waals surface area contributed by atoms with Crippen LogP contribution in [0.3, 0.4) is 0 Å². The molecular weight excluding hydrogens is 697 g/mol. The van der Waals surface area contributed by atoms with E-state index in [0.29, 0.717) is 0 Å². The Morgan fingerprint density at radius 1 is 0.190 bits per heavy atom. The van der Waals surface area contributed by atoms with Gasteiger partial charge in [0.1, 0.15) is 0 Å². The molecule has 0 amide bonds. The van der Waals surface area contributed by atoms with Crippen LogP contribution in [0.2, 0.25) is 0 Å². The first-order chi connectivity index (χ1) is 28.8. The van der Waals surface area contributed by atoms with Crippen LogP contribution in [0, 0.1) is 0 Å². The van der Waals surface area contributed by atoms with E-state index in [-0.39, 0.29) is 0 Å². The third-order valence-electron chi connectivity index (χ3n) is 12.9. The van der Waals surface area contributed by atoms with Crippen molar-refractivity contribution >= 4 is 86.2 Å². The molecule has 0 heteroatoms. The molecule has 13 aromatic carbocycles. The summed E-state index contributed by atoms with van der Waals surface area (Å²) in [5, 5.41) is 21.0. The first kappa shape index (κ1) is 31.6. The summed E-state index contributed by atoms with van der Waals surface area (Å²) in [6, 6.07) is 76.9. The van der Waals surface area contributed by atoms with Crippen LogP contribution >= 0.6 is 0 Å². The fraction of sp³-hybridized carbons (Fsp3) is 0. The summed E-state index contributed by atoms with van der Waals surface area (Å²) >= 11 is 0. The summed E-state index contributed by atoms with van der Waals surface area (Å²) in [5.74, 6) is 0. The minimum absolute atomic E-state index is 1.23. The van der Waals surface area contributed by atoms with E-state index in [1.165, 1.54) is 131 Å². The zero-order valence-corrected chi connectivity index (χ0v) is 31.6. The number of fused-ring (bicyclic) bond motifs is 10. The van der Waals surface area contributed by atoms with Gasteiger partial charge in [-0.1, -0.05) is 182 Å². The minimum atomic E-state index is 1.23. The molecule has 0 unspecified atom stereocenters. The summed E-state index contributed by atoms with van der Waals surface area (Å²) in [6.07, 6.45) is 0. The Labute approximate surface area is 335 Å². The topological polar surface area (TPSA) is 0 Å². The van der Waals surface area contributed by atoms with Gasteiger partial charge in [-0.3, -0.25) is 0 Å². The van der Waals surface area contributed by atoms with Crippen molar-refractivity contribution in [2.45, 2.75) is 0 Å². The predicted octanol–water partition coefficient (Wildman–Crippen LogP) is 16.5. The second kappa shape index (κ2) is 12.0. The molecule has 0 aliphatic heterocycles. The summed E-state index contributed by atoms with van der Waals surface area (Å²) in [4.78, 5) is 0. The van der Waals surface area contributed by atoms with E-state index in [9.17, 15) is 0 Å². The molecule has 0 N–H and O–H groups in total. The first-order valence-electron chi connectivity index (χ1n) is 20.3. The molecule has 0 radical (unpaired) electrons. The van der Waals surface area contributed by atoms with Crippen molar-refractivity contribution in [1.29, 1.82) is 0 Å². The molecule has 0 heterocycles. The van der Waals surface area contributed by atoms with Crippen molar-refractivity contribution < 1.29 is 0 Å².